The van der Waals surface area contributed by atoms with Gasteiger partial charge in [0.15, 0.2) is 0 Å². The van der Waals surface area contributed by atoms with Crippen LogP contribution >= 0.6 is 0 Å². The summed E-state index contributed by atoms with van der Waals surface area (Å²) in [7, 11) is 1.53. The van der Waals surface area contributed by atoms with Crippen LogP contribution in [0.2, 0.25) is 0 Å². The molecule has 0 saturated carbocycles. The first-order chi connectivity index (χ1) is 7.04. The van der Waals surface area contributed by atoms with Crippen LogP contribution < -0.4 is 10.5 Å². The van der Waals surface area contributed by atoms with Crippen molar-refractivity contribution in [3.8, 4) is 5.75 Å². The van der Waals surface area contributed by atoms with Crippen LogP contribution in [0.15, 0.2) is 18.2 Å². The Morgan fingerprint density at radius 1 is 1.60 bits per heavy atom. The van der Waals surface area contributed by atoms with Crippen LogP contribution in [-0.4, -0.2) is 18.1 Å². The molecule has 2 N–H and O–H groups in total. The SMILES string of the molecule is COc1ccc([N+](=O)[O-])cc1C[C@@H](C)N. The van der Waals surface area contributed by atoms with Crippen molar-refractivity contribution >= 4 is 5.69 Å². The summed E-state index contributed by atoms with van der Waals surface area (Å²) in [5.41, 5.74) is 6.48. The molecule has 1 atom stereocenters. The van der Waals surface area contributed by atoms with Gasteiger partial charge in [-0.05, 0) is 19.4 Å². The first kappa shape index (κ1) is 11.5. The Hall–Kier alpha value is -1.62. The Morgan fingerprint density at radius 2 is 2.27 bits per heavy atom. The van der Waals surface area contributed by atoms with E-state index in [0.717, 1.165) is 5.56 Å². The lowest BCUT2D eigenvalue weighted by atomic mass is 10.1. The van der Waals surface area contributed by atoms with Gasteiger partial charge in [-0.2, -0.15) is 0 Å². The summed E-state index contributed by atoms with van der Waals surface area (Å²) < 4.78 is 5.10. The zero-order chi connectivity index (χ0) is 11.4. The van der Waals surface area contributed by atoms with Gasteiger partial charge in [-0.1, -0.05) is 0 Å². The van der Waals surface area contributed by atoms with Crippen molar-refractivity contribution < 1.29 is 9.66 Å². The topological polar surface area (TPSA) is 78.4 Å². The maximum Gasteiger partial charge on any atom is 0.269 e. The number of non-ortho nitro benzene ring substituents is 1. The molecule has 5 heteroatoms. The average Bonchev–Trinajstić information content (AvgIpc) is 2.16. The molecule has 0 bridgehead atoms. The van der Waals surface area contributed by atoms with E-state index in [0.29, 0.717) is 12.2 Å². The highest BCUT2D eigenvalue weighted by atomic mass is 16.6. The lowest BCUT2D eigenvalue weighted by Gasteiger charge is -2.10. The van der Waals surface area contributed by atoms with Gasteiger partial charge >= 0.3 is 0 Å². The van der Waals surface area contributed by atoms with Gasteiger partial charge in [0.1, 0.15) is 5.75 Å². The number of rotatable bonds is 4. The minimum Gasteiger partial charge on any atom is -0.496 e. The molecule has 0 aliphatic heterocycles. The maximum atomic E-state index is 10.6. The van der Waals surface area contributed by atoms with Crippen LogP contribution in [0.25, 0.3) is 0 Å². The zero-order valence-corrected chi connectivity index (χ0v) is 8.77. The van der Waals surface area contributed by atoms with E-state index in [1.807, 2.05) is 6.92 Å². The predicted molar refractivity (Wildman–Crippen MR) is 57.0 cm³/mol. The van der Waals surface area contributed by atoms with Gasteiger partial charge in [-0.3, -0.25) is 10.1 Å². The Morgan fingerprint density at radius 3 is 2.73 bits per heavy atom. The summed E-state index contributed by atoms with van der Waals surface area (Å²) in [6.45, 7) is 1.85. The van der Waals surface area contributed by atoms with E-state index in [4.69, 9.17) is 10.5 Å². The summed E-state index contributed by atoms with van der Waals surface area (Å²) in [5, 5.41) is 10.6. The Labute approximate surface area is 88.0 Å². The average molecular weight is 210 g/mol. The quantitative estimate of drug-likeness (QED) is 0.603. The normalized spacial score (nSPS) is 12.2. The van der Waals surface area contributed by atoms with Crippen LogP contribution in [0.3, 0.4) is 0 Å². The third-order valence-corrected chi connectivity index (χ3v) is 2.02. The highest BCUT2D eigenvalue weighted by molar-refractivity contribution is 5.44. The van der Waals surface area contributed by atoms with Gasteiger partial charge in [-0.25, -0.2) is 0 Å². The van der Waals surface area contributed by atoms with E-state index >= 15 is 0 Å². The van der Waals surface area contributed by atoms with E-state index in [-0.39, 0.29) is 11.7 Å². The molecule has 5 nitrogen and oxygen atoms in total. The van der Waals surface area contributed by atoms with Crippen molar-refractivity contribution in [2.75, 3.05) is 7.11 Å². The van der Waals surface area contributed by atoms with Crippen molar-refractivity contribution in [3.05, 3.63) is 33.9 Å². The smallest absolute Gasteiger partial charge is 0.269 e. The first-order valence-corrected chi connectivity index (χ1v) is 4.61. The number of nitrogens with zero attached hydrogens (tertiary/aromatic N) is 1. The third-order valence-electron chi connectivity index (χ3n) is 2.02. The van der Waals surface area contributed by atoms with Gasteiger partial charge in [-0.15, -0.1) is 0 Å². The molecule has 0 spiro atoms. The molecule has 0 aliphatic rings. The Kier molecular flexibility index (Phi) is 3.62. The van der Waals surface area contributed by atoms with E-state index in [1.54, 1.807) is 6.07 Å². The fraction of sp³-hybridized carbons (Fsp3) is 0.400. The molecule has 0 saturated heterocycles. The van der Waals surface area contributed by atoms with Crippen LogP contribution in [0, 0.1) is 10.1 Å². The van der Waals surface area contributed by atoms with Crippen molar-refractivity contribution in [3.63, 3.8) is 0 Å². The molecule has 15 heavy (non-hydrogen) atoms. The number of methoxy groups -OCH3 is 1. The zero-order valence-electron chi connectivity index (χ0n) is 8.77. The number of nitro groups is 1. The van der Waals surface area contributed by atoms with E-state index < -0.39 is 4.92 Å². The number of benzene rings is 1. The maximum absolute atomic E-state index is 10.6. The number of nitro benzene ring substituents is 1. The van der Waals surface area contributed by atoms with Crippen LogP contribution in [0.1, 0.15) is 12.5 Å². The van der Waals surface area contributed by atoms with E-state index in [1.165, 1.54) is 19.2 Å². The number of ether oxygens (including phenoxy) is 1. The summed E-state index contributed by atoms with van der Waals surface area (Å²) in [5.74, 6) is 0.637. The standard InChI is InChI=1S/C10H14N2O3/c1-7(11)5-8-6-9(12(13)14)3-4-10(8)15-2/h3-4,6-7H,5,11H2,1-2H3/t7-/m1/s1. The van der Waals surface area contributed by atoms with Crippen molar-refractivity contribution in [1.29, 1.82) is 0 Å². The van der Waals surface area contributed by atoms with Gasteiger partial charge in [0, 0.05) is 23.7 Å². The highest BCUT2D eigenvalue weighted by Crippen LogP contribution is 2.24. The van der Waals surface area contributed by atoms with Crippen LogP contribution in [0.4, 0.5) is 5.69 Å². The minimum atomic E-state index is -0.426. The summed E-state index contributed by atoms with van der Waals surface area (Å²) in [6.07, 6.45) is 0.560. The molecule has 82 valence electrons. The van der Waals surface area contributed by atoms with E-state index in [2.05, 4.69) is 0 Å². The monoisotopic (exact) mass is 210 g/mol. The van der Waals surface area contributed by atoms with Gasteiger partial charge in [0.05, 0.1) is 12.0 Å². The second-order valence-electron chi connectivity index (χ2n) is 3.43. The molecule has 1 rings (SSSR count). The molecule has 0 aliphatic carbocycles. The second-order valence-corrected chi connectivity index (χ2v) is 3.43. The number of hydrogen-bond acceptors (Lipinski definition) is 4. The van der Waals surface area contributed by atoms with Crippen molar-refractivity contribution in [2.24, 2.45) is 5.73 Å². The summed E-state index contributed by atoms with van der Waals surface area (Å²) in [4.78, 5) is 10.1. The van der Waals surface area contributed by atoms with Crippen molar-refractivity contribution in [1.82, 2.24) is 0 Å². The molecule has 1 aromatic rings. The minimum absolute atomic E-state index is 0.0547. The molecule has 0 amide bonds. The van der Waals surface area contributed by atoms with Gasteiger partial charge in [0.25, 0.3) is 5.69 Å². The fourth-order valence-electron chi connectivity index (χ4n) is 1.38. The fourth-order valence-corrected chi connectivity index (χ4v) is 1.38. The first-order valence-electron chi connectivity index (χ1n) is 4.61. The Balaban J connectivity index is 3.07. The highest BCUT2D eigenvalue weighted by Gasteiger charge is 2.12. The second kappa shape index (κ2) is 4.75. The molecule has 0 fully saturated rings. The van der Waals surface area contributed by atoms with E-state index in [9.17, 15) is 10.1 Å². The summed E-state index contributed by atoms with van der Waals surface area (Å²) >= 11 is 0. The molecular formula is C10H14N2O3. The third kappa shape index (κ3) is 2.92. The van der Waals surface area contributed by atoms with Crippen molar-refractivity contribution in [2.45, 2.75) is 19.4 Å². The van der Waals surface area contributed by atoms with Crippen LogP contribution in [-0.2, 0) is 6.42 Å². The number of nitrogens with two attached hydrogens (primary N) is 1. The molecule has 1 aromatic carbocycles. The Bertz CT molecular complexity index is 364. The lowest BCUT2D eigenvalue weighted by molar-refractivity contribution is -0.384. The molecule has 0 unspecified atom stereocenters. The lowest BCUT2D eigenvalue weighted by Crippen LogP contribution is -2.18. The largest absolute Gasteiger partial charge is 0.496 e. The van der Waals surface area contributed by atoms with Crippen LogP contribution in [0.5, 0.6) is 5.75 Å². The molecule has 0 radical (unpaired) electrons. The predicted octanol–water partition coefficient (Wildman–Crippen LogP) is 1.49. The molecule has 0 heterocycles. The molecule has 0 aromatic heterocycles. The molecular weight excluding hydrogens is 196 g/mol. The van der Waals surface area contributed by atoms with Gasteiger partial charge < -0.3 is 10.5 Å². The summed E-state index contributed by atoms with van der Waals surface area (Å²) in [6, 6.07) is 4.46. The number of hydrogen-bond donors (Lipinski definition) is 1. The van der Waals surface area contributed by atoms with Gasteiger partial charge in [0.2, 0.25) is 0 Å².